The van der Waals surface area contributed by atoms with Crippen LogP contribution < -0.4 is 11.1 Å². The topological polar surface area (TPSA) is 58.4 Å². The van der Waals surface area contributed by atoms with Gasteiger partial charge in [0.25, 0.3) is 0 Å². The second-order valence-electron chi connectivity index (χ2n) is 6.40. The lowest BCUT2D eigenvalue weighted by Gasteiger charge is -2.32. The maximum Gasteiger partial charge on any atom is 0.237 e. The van der Waals surface area contributed by atoms with Gasteiger partial charge < -0.3 is 16.0 Å². The van der Waals surface area contributed by atoms with Crippen LogP contribution in [-0.4, -0.2) is 42.5 Å². The molecule has 1 aliphatic heterocycles. The van der Waals surface area contributed by atoms with Crippen molar-refractivity contribution in [3.8, 4) is 0 Å². The lowest BCUT2D eigenvalue weighted by Crippen LogP contribution is -2.53. The molecule has 0 aromatic heterocycles. The molecule has 1 fully saturated rings. The van der Waals surface area contributed by atoms with Crippen molar-refractivity contribution in [2.75, 3.05) is 26.2 Å². The fourth-order valence-corrected chi connectivity index (χ4v) is 3.19. The molecular formula is C16H33N3O. The molecule has 0 spiro atoms. The lowest BCUT2D eigenvalue weighted by molar-refractivity contribution is -0.124. The van der Waals surface area contributed by atoms with Gasteiger partial charge in [0, 0.05) is 6.54 Å². The minimum atomic E-state index is -0.539. The zero-order valence-electron chi connectivity index (χ0n) is 13.6. The van der Waals surface area contributed by atoms with Gasteiger partial charge in [-0.05, 0) is 64.6 Å². The zero-order chi connectivity index (χ0) is 15.0. The van der Waals surface area contributed by atoms with Crippen LogP contribution in [-0.2, 0) is 4.79 Å². The van der Waals surface area contributed by atoms with E-state index in [0.29, 0.717) is 0 Å². The summed E-state index contributed by atoms with van der Waals surface area (Å²) in [6.07, 6.45) is 7.09. The Balaban J connectivity index is 2.24. The Morgan fingerprint density at radius 2 is 2.15 bits per heavy atom. The van der Waals surface area contributed by atoms with Crippen molar-refractivity contribution in [3.63, 3.8) is 0 Å². The highest BCUT2D eigenvalue weighted by molar-refractivity contribution is 5.84. The molecule has 0 saturated carbocycles. The first kappa shape index (κ1) is 17.4. The van der Waals surface area contributed by atoms with E-state index in [4.69, 9.17) is 5.73 Å². The van der Waals surface area contributed by atoms with Crippen LogP contribution in [0.1, 0.15) is 59.3 Å². The van der Waals surface area contributed by atoms with Crippen LogP contribution in [0.25, 0.3) is 0 Å². The van der Waals surface area contributed by atoms with E-state index in [1.807, 2.05) is 13.8 Å². The predicted molar refractivity (Wildman–Crippen MR) is 84.6 cm³/mol. The number of piperidine rings is 1. The number of primary amides is 1. The normalized spacial score (nSPS) is 23.4. The summed E-state index contributed by atoms with van der Waals surface area (Å²) in [7, 11) is 0. The van der Waals surface area contributed by atoms with Crippen LogP contribution in [0.4, 0.5) is 0 Å². The minimum absolute atomic E-state index is 0.233. The molecule has 1 heterocycles. The molecule has 0 radical (unpaired) electrons. The molecule has 20 heavy (non-hydrogen) atoms. The van der Waals surface area contributed by atoms with Crippen LogP contribution in [0.5, 0.6) is 0 Å². The van der Waals surface area contributed by atoms with Crippen molar-refractivity contribution in [1.82, 2.24) is 10.2 Å². The van der Waals surface area contributed by atoms with Gasteiger partial charge in [-0.2, -0.15) is 0 Å². The number of likely N-dealkylation sites (N-methyl/N-ethyl adjacent to an activating group) is 1. The Hall–Kier alpha value is -0.610. The van der Waals surface area contributed by atoms with E-state index in [1.165, 1.54) is 32.4 Å². The summed E-state index contributed by atoms with van der Waals surface area (Å²) in [6.45, 7) is 10.7. The summed E-state index contributed by atoms with van der Waals surface area (Å²) >= 11 is 0. The number of nitrogens with two attached hydrogens (primary N) is 1. The zero-order valence-corrected chi connectivity index (χ0v) is 13.6. The average Bonchev–Trinajstić information content (AvgIpc) is 2.44. The second kappa shape index (κ2) is 8.63. The number of carbonyl (C=O) groups is 1. The van der Waals surface area contributed by atoms with E-state index in [2.05, 4.69) is 17.1 Å². The quantitative estimate of drug-likeness (QED) is 0.637. The van der Waals surface area contributed by atoms with E-state index < -0.39 is 5.54 Å². The number of unbranched alkanes of at least 4 members (excludes halogenated alkanes) is 1. The number of hydrogen-bond donors (Lipinski definition) is 2. The third-order valence-corrected chi connectivity index (χ3v) is 4.69. The molecule has 3 N–H and O–H groups in total. The largest absolute Gasteiger partial charge is 0.368 e. The molecule has 0 aliphatic carbocycles. The van der Waals surface area contributed by atoms with Crippen molar-refractivity contribution in [1.29, 1.82) is 0 Å². The van der Waals surface area contributed by atoms with Crippen LogP contribution in [0.15, 0.2) is 0 Å². The Bertz CT molecular complexity index is 295. The van der Waals surface area contributed by atoms with Gasteiger partial charge in [0.15, 0.2) is 0 Å². The molecule has 4 heteroatoms. The maximum atomic E-state index is 11.5. The first-order valence-electron chi connectivity index (χ1n) is 8.29. The second-order valence-corrected chi connectivity index (χ2v) is 6.40. The van der Waals surface area contributed by atoms with Crippen molar-refractivity contribution in [2.24, 2.45) is 11.7 Å². The van der Waals surface area contributed by atoms with Gasteiger partial charge in [0.1, 0.15) is 0 Å². The molecule has 4 nitrogen and oxygen atoms in total. The summed E-state index contributed by atoms with van der Waals surface area (Å²) in [6, 6.07) is 0. The van der Waals surface area contributed by atoms with Crippen molar-refractivity contribution in [2.45, 2.75) is 64.8 Å². The molecule has 1 saturated heterocycles. The maximum absolute atomic E-state index is 11.5. The Kier molecular flexibility index (Phi) is 7.52. The van der Waals surface area contributed by atoms with Crippen LogP contribution in [0, 0.1) is 5.92 Å². The van der Waals surface area contributed by atoms with Gasteiger partial charge in [-0.15, -0.1) is 0 Å². The molecule has 1 amide bonds. The molecule has 0 aromatic rings. The SMILES string of the molecule is CCNC(C)(CCCCN1CCCC(CC)C1)C(N)=O. The molecule has 0 bridgehead atoms. The van der Waals surface area contributed by atoms with Gasteiger partial charge in [0.2, 0.25) is 5.91 Å². The minimum Gasteiger partial charge on any atom is -0.368 e. The fraction of sp³-hybridized carbons (Fsp3) is 0.938. The predicted octanol–water partition coefficient (Wildman–Crippen LogP) is 2.13. The fourth-order valence-electron chi connectivity index (χ4n) is 3.19. The summed E-state index contributed by atoms with van der Waals surface area (Å²) in [4.78, 5) is 14.1. The number of likely N-dealkylation sites (tertiary alicyclic amines) is 1. The smallest absolute Gasteiger partial charge is 0.237 e. The molecule has 2 atom stereocenters. The van der Waals surface area contributed by atoms with E-state index in [-0.39, 0.29) is 5.91 Å². The number of nitrogens with zero attached hydrogens (tertiary/aromatic N) is 1. The molecule has 118 valence electrons. The third kappa shape index (κ3) is 5.41. The molecule has 2 unspecified atom stereocenters. The van der Waals surface area contributed by atoms with E-state index >= 15 is 0 Å². The molecule has 0 aromatic carbocycles. The van der Waals surface area contributed by atoms with Crippen molar-refractivity contribution < 1.29 is 4.79 Å². The van der Waals surface area contributed by atoms with Crippen molar-refractivity contribution in [3.05, 3.63) is 0 Å². The average molecular weight is 283 g/mol. The highest BCUT2D eigenvalue weighted by Crippen LogP contribution is 2.20. The lowest BCUT2D eigenvalue weighted by atomic mass is 9.93. The number of hydrogen-bond acceptors (Lipinski definition) is 3. The number of nitrogens with one attached hydrogen (secondary N) is 1. The van der Waals surface area contributed by atoms with Gasteiger partial charge in [-0.25, -0.2) is 0 Å². The Morgan fingerprint density at radius 1 is 1.40 bits per heavy atom. The first-order valence-corrected chi connectivity index (χ1v) is 8.29. The summed E-state index contributed by atoms with van der Waals surface area (Å²) < 4.78 is 0. The van der Waals surface area contributed by atoms with Gasteiger partial charge >= 0.3 is 0 Å². The third-order valence-electron chi connectivity index (χ3n) is 4.69. The van der Waals surface area contributed by atoms with Crippen molar-refractivity contribution >= 4 is 5.91 Å². The monoisotopic (exact) mass is 283 g/mol. The van der Waals surface area contributed by atoms with Gasteiger partial charge in [-0.1, -0.05) is 20.3 Å². The van der Waals surface area contributed by atoms with Gasteiger partial charge in [-0.3, -0.25) is 4.79 Å². The Morgan fingerprint density at radius 3 is 2.75 bits per heavy atom. The summed E-state index contributed by atoms with van der Waals surface area (Å²) in [5.74, 6) is 0.657. The van der Waals surface area contributed by atoms with Gasteiger partial charge in [0.05, 0.1) is 5.54 Å². The van der Waals surface area contributed by atoms with E-state index in [1.54, 1.807) is 0 Å². The van der Waals surface area contributed by atoms with E-state index in [0.717, 1.165) is 38.3 Å². The molecule has 1 rings (SSSR count). The number of rotatable bonds is 9. The van der Waals surface area contributed by atoms with Crippen LogP contribution in [0.3, 0.4) is 0 Å². The molecular weight excluding hydrogens is 250 g/mol. The number of amides is 1. The van der Waals surface area contributed by atoms with Crippen LogP contribution in [0.2, 0.25) is 0 Å². The summed E-state index contributed by atoms with van der Waals surface area (Å²) in [5, 5.41) is 3.22. The standard InChI is InChI=1S/C16H33N3O/c1-4-14-9-8-12-19(13-14)11-7-6-10-16(3,15(17)20)18-5-2/h14,18H,4-13H2,1-3H3,(H2,17,20). The van der Waals surface area contributed by atoms with Crippen LogP contribution >= 0.6 is 0 Å². The highest BCUT2D eigenvalue weighted by atomic mass is 16.1. The Labute approximate surface area is 124 Å². The highest BCUT2D eigenvalue weighted by Gasteiger charge is 2.29. The first-order chi connectivity index (χ1) is 9.51. The molecule has 1 aliphatic rings. The summed E-state index contributed by atoms with van der Waals surface area (Å²) in [5.41, 5.74) is 4.97. The van der Waals surface area contributed by atoms with E-state index in [9.17, 15) is 4.79 Å². The number of carbonyl (C=O) groups excluding carboxylic acids is 1.